The van der Waals surface area contributed by atoms with Crippen molar-refractivity contribution in [1.29, 1.82) is 0 Å². The molecule has 2 aliphatic heterocycles. The Bertz CT molecular complexity index is 2660. The number of hydrogen-bond acceptors (Lipinski definition) is 5. The molecule has 4 N–H and O–H groups in total. The van der Waals surface area contributed by atoms with Crippen molar-refractivity contribution in [3.8, 4) is 28.0 Å². The molecule has 262 valence electrons. The second-order valence-electron chi connectivity index (χ2n) is 12.0. The lowest BCUT2D eigenvalue weighted by atomic mass is 10.0. The Balaban J connectivity index is 1.32. The first kappa shape index (κ1) is 34.2. The lowest BCUT2D eigenvalue weighted by molar-refractivity contribution is -0.119. The van der Waals surface area contributed by atoms with Crippen LogP contribution < -0.4 is 10.5 Å². The molecule has 8 rings (SSSR count). The quantitative estimate of drug-likeness (QED) is 0.110. The van der Waals surface area contributed by atoms with E-state index >= 15 is 17.6 Å². The van der Waals surface area contributed by atoms with Gasteiger partial charge in [0, 0.05) is 42.6 Å². The van der Waals surface area contributed by atoms with Crippen molar-refractivity contribution in [2.45, 2.75) is 9.79 Å². The Morgan fingerprint density at radius 2 is 1.23 bits per heavy atom. The van der Waals surface area contributed by atoms with Crippen LogP contribution in [-0.4, -0.2) is 32.4 Å². The number of fused-ring (bicyclic) bond motifs is 8. The second-order valence-corrected chi connectivity index (χ2v) is 14.0. The summed E-state index contributed by atoms with van der Waals surface area (Å²) >= 11 is 3.88. The van der Waals surface area contributed by atoms with E-state index in [4.69, 9.17) is 15.5 Å². The van der Waals surface area contributed by atoms with Crippen LogP contribution in [0.1, 0.15) is 22.8 Å². The number of hydrogen-bond donors (Lipinski definition) is 3. The number of amides is 1. The molecule has 3 aromatic carbocycles. The molecular weight excluding hydrogens is 770 g/mol. The summed E-state index contributed by atoms with van der Waals surface area (Å²) in [5.41, 5.74) is 9.57. The third-order valence-electron chi connectivity index (χ3n) is 8.43. The van der Waals surface area contributed by atoms with Crippen molar-refractivity contribution in [2.75, 3.05) is 6.61 Å². The molecule has 5 heterocycles. The first-order chi connectivity index (χ1) is 25.6. The number of H-pyrrole nitrogens is 2. The lowest BCUT2D eigenvalue weighted by Gasteiger charge is -2.13. The number of ether oxygens (including phenoxy) is 1. The van der Waals surface area contributed by atoms with Gasteiger partial charge in [0.15, 0.2) is 29.9 Å². The first-order valence-corrected chi connectivity index (χ1v) is 17.6. The fraction of sp³-hybridized carbons (Fsp3) is 0.0250. The zero-order valence-electron chi connectivity index (χ0n) is 27.2. The molecule has 0 unspecified atom stereocenters. The Morgan fingerprint density at radius 1 is 0.679 bits per heavy atom. The number of benzene rings is 3. The maximum absolute atomic E-state index is 16.1. The maximum Gasteiger partial charge on any atom is 0.255 e. The summed E-state index contributed by atoms with van der Waals surface area (Å²) in [7, 11) is 0. The van der Waals surface area contributed by atoms with E-state index in [-0.39, 0.29) is 23.4 Å². The van der Waals surface area contributed by atoms with E-state index < -0.39 is 39.6 Å². The van der Waals surface area contributed by atoms with Gasteiger partial charge in [0.05, 0.1) is 33.2 Å². The van der Waals surface area contributed by atoms with E-state index in [1.165, 1.54) is 6.08 Å². The molecule has 6 aromatic rings. The molecule has 0 spiro atoms. The Hall–Kier alpha value is -5.92. The molecule has 3 aromatic heterocycles. The van der Waals surface area contributed by atoms with Crippen molar-refractivity contribution in [3.05, 3.63) is 135 Å². The highest BCUT2D eigenvalue weighted by Crippen LogP contribution is 2.42. The molecule has 53 heavy (non-hydrogen) atoms. The summed E-state index contributed by atoms with van der Waals surface area (Å²) in [6.07, 6.45) is 6.85. The number of nitrogens with two attached hydrogens (primary N) is 1. The summed E-state index contributed by atoms with van der Waals surface area (Å²) in [4.78, 5) is 26.8. The van der Waals surface area contributed by atoms with Gasteiger partial charge in [-0.05, 0) is 103 Å². The Labute approximate surface area is 311 Å². The molecule has 0 saturated heterocycles. The molecular formula is C40H24BrF4N5O2S. The number of aromatic amines is 2. The van der Waals surface area contributed by atoms with Crippen LogP contribution in [0.15, 0.2) is 99.2 Å². The van der Waals surface area contributed by atoms with Gasteiger partial charge in [-0.1, -0.05) is 39.8 Å². The van der Waals surface area contributed by atoms with Crippen LogP contribution in [-0.2, 0) is 4.79 Å². The summed E-state index contributed by atoms with van der Waals surface area (Å²) in [5, 5.41) is 0. The molecule has 0 saturated carbocycles. The number of carbonyl (C=O) groups is 1. The SMILES string of the molecule is NC(=O)COc1ccc(-c2c3nc(cc4ccc([nH]4)c(-c4c(F)c(F)c(Sc5ccc(Br)cc5)c(F)c4F)c4nc(cc5ccc2[nH]5)C=C4)C=C3)cc1. The van der Waals surface area contributed by atoms with Crippen molar-refractivity contribution in [1.82, 2.24) is 19.9 Å². The number of nitrogens with one attached hydrogen (secondary N) is 2. The molecule has 13 heteroatoms. The average molecular weight is 795 g/mol. The first-order valence-electron chi connectivity index (χ1n) is 16.0. The summed E-state index contributed by atoms with van der Waals surface area (Å²) < 4.78 is 69.9. The van der Waals surface area contributed by atoms with Gasteiger partial charge in [-0.15, -0.1) is 0 Å². The van der Waals surface area contributed by atoms with E-state index in [2.05, 4.69) is 30.9 Å². The van der Waals surface area contributed by atoms with Gasteiger partial charge >= 0.3 is 0 Å². The van der Waals surface area contributed by atoms with Gasteiger partial charge in [-0.3, -0.25) is 4.79 Å². The molecule has 8 bridgehead atoms. The van der Waals surface area contributed by atoms with Gasteiger partial charge in [0.1, 0.15) is 5.75 Å². The van der Waals surface area contributed by atoms with Crippen LogP contribution >= 0.6 is 27.7 Å². The minimum Gasteiger partial charge on any atom is -0.484 e. The fourth-order valence-electron chi connectivity index (χ4n) is 6.05. The Kier molecular flexibility index (Phi) is 8.96. The maximum atomic E-state index is 16.1. The molecule has 0 radical (unpaired) electrons. The van der Waals surface area contributed by atoms with E-state index in [9.17, 15) is 4.79 Å². The number of halogens is 5. The lowest BCUT2D eigenvalue weighted by Crippen LogP contribution is -2.19. The minimum absolute atomic E-state index is 0.0908. The molecule has 0 atom stereocenters. The number of nitrogens with zero attached hydrogens (tertiary/aromatic N) is 2. The largest absolute Gasteiger partial charge is 0.484 e. The van der Waals surface area contributed by atoms with Crippen molar-refractivity contribution < 1.29 is 27.1 Å². The molecule has 0 aliphatic carbocycles. The fourth-order valence-corrected chi connectivity index (χ4v) is 7.18. The third kappa shape index (κ3) is 6.76. The molecule has 1 amide bonds. The molecule has 2 aliphatic rings. The van der Waals surface area contributed by atoms with Crippen LogP contribution in [0, 0.1) is 23.3 Å². The zero-order chi connectivity index (χ0) is 36.8. The zero-order valence-corrected chi connectivity index (χ0v) is 29.6. The number of primary amides is 1. The Morgan fingerprint density at radius 3 is 1.79 bits per heavy atom. The second kappa shape index (κ2) is 13.9. The standard InChI is InChI=1S/C40H24BrF4N5O2S/c41-21-3-11-27(12-4-21)53-40-38(44)36(42)35(37(43)39(40)45)34-30-15-7-24(49-30)17-22-5-13-28(47-22)33(20-1-9-26(10-2-20)52-19-32(46)51)29-14-6-23(48-29)18-25-8-16-31(34)50-25/h1-18,47,50H,19H2,(H2,46,51). The smallest absolute Gasteiger partial charge is 0.255 e. The van der Waals surface area contributed by atoms with Gasteiger partial charge in [-0.2, -0.15) is 0 Å². The number of aromatic nitrogens is 4. The van der Waals surface area contributed by atoms with Crippen LogP contribution in [0.5, 0.6) is 5.75 Å². The van der Waals surface area contributed by atoms with E-state index in [0.29, 0.717) is 50.5 Å². The third-order valence-corrected chi connectivity index (χ3v) is 10.0. The predicted octanol–water partition coefficient (Wildman–Crippen LogP) is 10.3. The molecule has 0 fully saturated rings. The van der Waals surface area contributed by atoms with Crippen LogP contribution in [0.2, 0.25) is 0 Å². The summed E-state index contributed by atoms with van der Waals surface area (Å²) in [6.45, 7) is -0.247. The highest BCUT2D eigenvalue weighted by Gasteiger charge is 2.29. The normalized spacial score (nSPS) is 12.0. The number of rotatable bonds is 7. The highest BCUT2D eigenvalue weighted by atomic mass is 79.9. The molecule has 7 nitrogen and oxygen atoms in total. The van der Waals surface area contributed by atoms with Gasteiger partial charge < -0.3 is 20.4 Å². The van der Waals surface area contributed by atoms with Gasteiger partial charge in [-0.25, -0.2) is 27.5 Å². The van der Waals surface area contributed by atoms with E-state index in [1.54, 1.807) is 66.7 Å². The van der Waals surface area contributed by atoms with Crippen LogP contribution in [0.4, 0.5) is 17.6 Å². The monoisotopic (exact) mass is 793 g/mol. The van der Waals surface area contributed by atoms with Crippen molar-refractivity contribution in [3.63, 3.8) is 0 Å². The van der Waals surface area contributed by atoms with Crippen molar-refractivity contribution >= 4 is 80.0 Å². The van der Waals surface area contributed by atoms with E-state index in [1.807, 2.05) is 36.4 Å². The van der Waals surface area contributed by atoms with Crippen LogP contribution in [0.25, 0.3) is 68.6 Å². The van der Waals surface area contributed by atoms with Crippen LogP contribution in [0.3, 0.4) is 0 Å². The minimum atomic E-state index is -1.55. The number of carbonyl (C=O) groups excluding carboxylic acids is 1. The van der Waals surface area contributed by atoms with Gasteiger partial charge in [0.25, 0.3) is 5.91 Å². The topological polar surface area (TPSA) is 110 Å². The van der Waals surface area contributed by atoms with E-state index in [0.717, 1.165) is 21.1 Å². The summed E-state index contributed by atoms with van der Waals surface area (Å²) in [6, 6.07) is 24.1. The highest BCUT2D eigenvalue weighted by molar-refractivity contribution is 9.10. The average Bonchev–Trinajstić information content (AvgIpc) is 3.98. The van der Waals surface area contributed by atoms with Gasteiger partial charge in [0.2, 0.25) is 0 Å². The predicted molar refractivity (Wildman–Crippen MR) is 203 cm³/mol. The van der Waals surface area contributed by atoms with Crippen molar-refractivity contribution in [2.24, 2.45) is 5.73 Å². The summed E-state index contributed by atoms with van der Waals surface area (Å²) in [5.74, 6) is -6.24.